The summed E-state index contributed by atoms with van der Waals surface area (Å²) in [5, 5.41) is 0. The van der Waals surface area contributed by atoms with Crippen LogP contribution in [0.15, 0.2) is 36.7 Å². The Hall–Kier alpha value is -1.90. The lowest BCUT2D eigenvalue weighted by Gasteiger charge is -2.09. The molecule has 1 aromatic carbocycles. The topological polar surface area (TPSA) is 35.0 Å². The summed E-state index contributed by atoms with van der Waals surface area (Å²) < 4.78 is 5.95. The van der Waals surface area contributed by atoms with E-state index in [4.69, 9.17) is 4.74 Å². The van der Waals surface area contributed by atoms with Crippen molar-refractivity contribution in [1.29, 1.82) is 0 Å². The molecule has 0 N–H and O–H groups in total. The molecule has 0 atom stereocenters. The molecular weight excluding hydrogens is 416 g/mol. The Morgan fingerprint density at radius 2 is 1.35 bits per heavy atom. The standard InChI is InChI=1S/C31H48N2O/c1-2-3-4-5-6-8-12-19-28-25-32-31(33-26-28)29-20-22-30(23-21-29)34-24-15-10-7-9-11-16-27-17-13-14-18-27/h20-23,25-27H,2-19,24H2,1H3. The Labute approximate surface area is 209 Å². The van der Waals surface area contributed by atoms with Gasteiger partial charge in [0.2, 0.25) is 0 Å². The van der Waals surface area contributed by atoms with Gasteiger partial charge in [-0.2, -0.15) is 0 Å². The van der Waals surface area contributed by atoms with Crippen LogP contribution in [0, 0.1) is 5.92 Å². The number of rotatable bonds is 18. The third kappa shape index (κ3) is 10.6. The van der Waals surface area contributed by atoms with Crippen LogP contribution >= 0.6 is 0 Å². The molecular formula is C31H48N2O. The SMILES string of the molecule is CCCCCCCCCc1cnc(-c2ccc(OCCCCCCCC3CCCC3)cc2)nc1. The molecule has 1 aromatic heterocycles. The summed E-state index contributed by atoms with van der Waals surface area (Å²) in [5.41, 5.74) is 2.30. The van der Waals surface area contributed by atoms with Gasteiger partial charge < -0.3 is 4.74 Å². The average molecular weight is 465 g/mol. The highest BCUT2D eigenvalue weighted by molar-refractivity contribution is 5.55. The molecule has 1 saturated carbocycles. The summed E-state index contributed by atoms with van der Waals surface area (Å²) in [6.45, 7) is 3.08. The molecule has 0 aliphatic heterocycles. The predicted molar refractivity (Wildman–Crippen MR) is 144 cm³/mol. The minimum absolute atomic E-state index is 0.799. The van der Waals surface area contributed by atoms with Crippen LogP contribution in [0.3, 0.4) is 0 Å². The van der Waals surface area contributed by atoms with Crippen LogP contribution in [-0.4, -0.2) is 16.6 Å². The Kier molecular flexibility index (Phi) is 13.1. The van der Waals surface area contributed by atoms with E-state index in [0.29, 0.717) is 0 Å². The number of benzene rings is 1. The Balaban J connectivity index is 1.25. The highest BCUT2D eigenvalue weighted by atomic mass is 16.5. The van der Waals surface area contributed by atoms with Gasteiger partial charge in [0.1, 0.15) is 5.75 Å². The van der Waals surface area contributed by atoms with E-state index in [0.717, 1.165) is 42.5 Å². The zero-order valence-electron chi connectivity index (χ0n) is 21.8. The lowest BCUT2D eigenvalue weighted by Crippen LogP contribution is -1.98. The highest BCUT2D eigenvalue weighted by Crippen LogP contribution is 2.29. The fraction of sp³-hybridized carbons (Fsp3) is 0.677. The normalized spacial score (nSPS) is 14.0. The molecule has 1 aliphatic carbocycles. The summed E-state index contributed by atoms with van der Waals surface area (Å²) in [6, 6.07) is 8.24. The molecule has 1 fully saturated rings. The van der Waals surface area contributed by atoms with E-state index in [1.807, 2.05) is 24.5 Å². The van der Waals surface area contributed by atoms with Gasteiger partial charge in [0.15, 0.2) is 5.82 Å². The smallest absolute Gasteiger partial charge is 0.159 e. The fourth-order valence-corrected chi connectivity index (χ4v) is 5.17. The number of ether oxygens (including phenoxy) is 1. The molecule has 3 nitrogen and oxygen atoms in total. The van der Waals surface area contributed by atoms with Gasteiger partial charge in [0.05, 0.1) is 6.61 Å². The first-order chi connectivity index (χ1) is 16.8. The molecule has 0 radical (unpaired) electrons. The summed E-state index contributed by atoms with van der Waals surface area (Å²) in [5.74, 6) is 2.79. The second kappa shape index (κ2) is 16.7. The molecule has 0 unspecified atom stereocenters. The van der Waals surface area contributed by atoms with E-state index in [-0.39, 0.29) is 0 Å². The maximum absolute atomic E-state index is 5.95. The maximum Gasteiger partial charge on any atom is 0.159 e. The van der Waals surface area contributed by atoms with E-state index < -0.39 is 0 Å². The van der Waals surface area contributed by atoms with Crippen LogP contribution in [0.1, 0.15) is 122 Å². The van der Waals surface area contributed by atoms with Gasteiger partial charge in [-0.3, -0.25) is 0 Å². The molecule has 34 heavy (non-hydrogen) atoms. The van der Waals surface area contributed by atoms with Crippen molar-refractivity contribution in [3.05, 3.63) is 42.2 Å². The van der Waals surface area contributed by atoms with E-state index in [9.17, 15) is 0 Å². The van der Waals surface area contributed by atoms with Crippen molar-refractivity contribution >= 4 is 0 Å². The number of hydrogen-bond donors (Lipinski definition) is 0. The van der Waals surface area contributed by atoms with Crippen molar-refractivity contribution in [2.75, 3.05) is 6.61 Å². The van der Waals surface area contributed by atoms with Crippen LogP contribution in [0.25, 0.3) is 11.4 Å². The summed E-state index contributed by atoms with van der Waals surface area (Å²) in [4.78, 5) is 9.20. The Morgan fingerprint density at radius 1 is 0.735 bits per heavy atom. The van der Waals surface area contributed by atoms with Crippen molar-refractivity contribution in [1.82, 2.24) is 9.97 Å². The predicted octanol–water partition coefficient (Wildman–Crippen LogP) is 9.35. The average Bonchev–Trinajstić information content (AvgIpc) is 3.39. The molecule has 3 heteroatoms. The largest absolute Gasteiger partial charge is 0.494 e. The first kappa shape index (κ1) is 26.7. The Bertz CT molecular complexity index is 750. The van der Waals surface area contributed by atoms with E-state index in [2.05, 4.69) is 29.0 Å². The van der Waals surface area contributed by atoms with Crippen molar-refractivity contribution in [3.8, 4) is 17.1 Å². The Morgan fingerprint density at radius 3 is 2.06 bits per heavy atom. The van der Waals surface area contributed by atoms with Gasteiger partial charge in [-0.1, -0.05) is 103 Å². The summed E-state index contributed by atoms with van der Waals surface area (Å²) in [6.07, 6.45) is 28.4. The van der Waals surface area contributed by atoms with Crippen molar-refractivity contribution in [2.45, 2.75) is 122 Å². The van der Waals surface area contributed by atoms with Crippen LogP contribution in [0.4, 0.5) is 0 Å². The molecule has 1 heterocycles. The number of aryl methyl sites for hydroxylation is 1. The number of nitrogens with zero attached hydrogens (tertiary/aromatic N) is 2. The van der Waals surface area contributed by atoms with Crippen LogP contribution < -0.4 is 4.74 Å². The maximum atomic E-state index is 5.95. The molecule has 0 amide bonds. The van der Waals surface area contributed by atoms with Crippen LogP contribution in [0.5, 0.6) is 5.75 Å². The lowest BCUT2D eigenvalue weighted by molar-refractivity contribution is 0.304. The highest BCUT2D eigenvalue weighted by Gasteiger charge is 2.13. The molecule has 2 aromatic rings. The second-order valence-corrected chi connectivity index (χ2v) is 10.4. The van der Waals surface area contributed by atoms with Gasteiger partial charge in [-0.25, -0.2) is 9.97 Å². The lowest BCUT2D eigenvalue weighted by atomic mass is 9.99. The van der Waals surface area contributed by atoms with Crippen LogP contribution in [-0.2, 0) is 6.42 Å². The molecule has 188 valence electrons. The van der Waals surface area contributed by atoms with Gasteiger partial charge in [-0.15, -0.1) is 0 Å². The molecule has 1 aliphatic rings. The van der Waals surface area contributed by atoms with Crippen molar-refractivity contribution in [2.24, 2.45) is 5.92 Å². The zero-order chi connectivity index (χ0) is 23.7. The summed E-state index contributed by atoms with van der Waals surface area (Å²) in [7, 11) is 0. The quantitative estimate of drug-likeness (QED) is 0.206. The number of unbranched alkanes of at least 4 members (excludes halogenated alkanes) is 10. The van der Waals surface area contributed by atoms with E-state index >= 15 is 0 Å². The van der Waals surface area contributed by atoms with Crippen molar-refractivity contribution < 1.29 is 4.74 Å². The molecule has 0 spiro atoms. The van der Waals surface area contributed by atoms with Gasteiger partial charge in [0.25, 0.3) is 0 Å². The number of aromatic nitrogens is 2. The first-order valence-corrected chi connectivity index (χ1v) is 14.4. The minimum atomic E-state index is 0.799. The van der Waals surface area contributed by atoms with Crippen molar-refractivity contribution in [3.63, 3.8) is 0 Å². The van der Waals surface area contributed by atoms with E-state index in [1.54, 1.807) is 0 Å². The fourth-order valence-electron chi connectivity index (χ4n) is 5.17. The first-order valence-electron chi connectivity index (χ1n) is 14.4. The number of hydrogen-bond acceptors (Lipinski definition) is 3. The van der Waals surface area contributed by atoms with Gasteiger partial charge in [-0.05, 0) is 55.0 Å². The monoisotopic (exact) mass is 464 g/mol. The van der Waals surface area contributed by atoms with Gasteiger partial charge in [0, 0.05) is 18.0 Å². The third-order valence-electron chi connectivity index (χ3n) is 7.39. The molecule has 0 bridgehead atoms. The zero-order valence-corrected chi connectivity index (χ0v) is 21.8. The minimum Gasteiger partial charge on any atom is -0.494 e. The van der Waals surface area contributed by atoms with E-state index in [1.165, 1.54) is 108 Å². The second-order valence-electron chi connectivity index (χ2n) is 10.4. The summed E-state index contributed by atoms with van der Waals surface area (Å²) >= 11 is 0. The molecule has 0 saturated heterocycles. The van der Waals surface area contributed by atoms with Crippen LogP contribution in [0.2, 0.25) is 0 Å². The van der Waals surface area contributed by atoms with Gasteiger partial charge >= 0.3 is 0 Å². The molecule has 3 rings (SSSR count). The third-order valence-corrected chi connectivity index (χ3v) is 7.39.